The molecular formula is C17H19N3O2. The monoisotopic (exact) mass is 297 g/mol. The summed E-state index contributed by atoms with van der Waals surface area (Å²) in [5, 5.41) is 7.54. The molecule has 0 spiro atoms. The molecule has 2 aromatic rings. The molecular weight excluding hydrogens is 278 g/mol. The van der Waals surface area contributed by atoms with E-state index in [4.69, 9.17) is 15.9 Å². The second-order valence-electron chi connectivity index (χ2n) is 5.64. The van der Waals surface area contributed by atoms with E-state index in [1.165, 1.54) is 0 Å². The number of aromatic nitrogens is 1. The molecule has 1 aliphatic carbocycles. The Kier molecular flexibility index (Phi) is 3.48. The van der Waals surface area contributed by atoms with Gasteiger partial charge in [-0.15, -0.1) is 0 Å². The number of ether oxygens (including phenoxy) is 1. The van der Waals surface area contributed by atoms with Gasteiger partial charge in [-0.1, -0.05) is 0 Å². The second kappa shape index (κ2) is 5.33. The van der Waals surface area contributed by atoms with E-state index in [1.807, 2.05) is 31.2 Å². The molecule has 0 saturated heterocycles. The molecule has 0 atom stereocenters. The van der Waals surface area contributed by atoms with E-state index >= 15 is 0 Å². The van der Waals surface area contributed by atoms with Crippen LogP contribution in [0, 0.1) is 12.3 Å². The van der Waals surface area contributed by atoms with Crippen LogP contribution in [0.3, 0.4) is 0 Å². The van der Waals surface area contributed by atoms with Crippen molar-refractivity contribution in [1.29, 1.82) is 5.41 Å². The molecule has 1 aromatic carbocycles. The highest BCUT2D eigenvalue weighted by Gasteiger charge is 2.28. The van der Waals surface area contributed by atoms with Crippen molar-refractivity contribution in [2.24, 2.45) is 5.73 Å². The first kappa shape index (κ1) is 14.4. The van der Waals surface area contributed by atoms with Gasteiger partial charge in [0, 0.05) is 6.04 Å². The quantitative estimate of drug-likeness (QED) is 0.672. The molecule has 0 amide bonds. The van der Waals surface area contributed by atoms with Crippen molar-refractivity contribution in [3.63, 3.8) is 0 Å². The summed E-state index contributed by atoms with van der Waals surface area (Å²) in [7, 11) is 1.64. The lowest BCUT2D eigenvalue weighted by Gasteiger charge is -2.15. The molecule has 0 bridgehead atoms. The fourth-order valence-corrected chi connectivity index (χ4v) is 2.73. The third-order valence-electron chi connectivity index (χ3n) is 4.01. The summed E-state index contributed by atoms with van der Waals surface area (Å²) < 4.78 is 7.06. The highest BCUT2D eigenvalue weighted by atomic mass is 16.5. The fourth-order valence-electron chi connectivity index (χ4n) is 2.73. The average Bonchev–Trinajstić information content (AvgIpc) is 3.30. The molecule has 1 fully saturated rings. The highest BCUT2D eigenvalue weighted by Crippen LogP contribution is 2.37. The number of nitrogen functional groups attached to an aromatic ring is 1. The molecule has 1 saturated carbocycles. The Morgan fingerprint density at radius 3 is 2.59 bits per heavy atom. The van der Waals surface area contributed by atoms with Gasteiger partial charge in [0.15, 0.2) is 0 Å². The number of hydrogen-bond donors (Lipinski definition) is 2. The molecule has 1 aliphatic rings. The summed E-state index contributed by atoms with van der Waals surface area (Å²) in [4.78, 5) is 12.6. The SMILES string of the molecule is COc1ccc(-c2ccc(C(=N)N)c(=O)n2C2CC2)cc1C. The van der Waals surface area contributed by atoms with E-state index in [0.29, 0.717) is 0 Å². The van der Waals surface area contributed by atoms with Gasteiger partial charge in [0.05, 0.1) is 18.4 Å². The first-order valence-corrected chi connectivity index (χ1v) is 7.28. The van der Waals surface area contributed by atoms with E-state index in [1.54, 1.807) is 17.7 Å². The average molecular weight is 297 g/mol. The maximum Gasteiger partial charge on any atom is 0.262 e. The molecule has 0 radical (unpaired) electrons. The van der Waals surface area contributed by atoms with Gasteiger partial charge in [-0.3, -0.25) is 10.2 Å². The summed E-state index contributed by atoms with van der Waals surface area (Å²) in [6, 6.07) is 9.60. The number of hydrogen-bond acceptors (Lipinski definition) is 3. The van der Waals surface area contributed by atoms with Crippen LogP contribution in [0.25, 0.3) is 11.3 Å². The van der Waals surface area contributed by atoms with E-state index in [9.17, 15) is 4.79 Å². The maximum absolute atomic E-state index is 12.6. The summed E-state index contributed by atoms with van der Waals surface area (Å²) in [6.07, 6.45) is 1.98. The molecule has 1 heterocycles. The lowest BCUT2D eigenvalue weighted by Crippen LogP contribution is -2.30. The summed E-state index contributed by atoms with van der Waals surface area (Å²) >= 11 is 0. The van der Waals surface area contributed by atoms with E-state index in [0.717, 1.165) is 35.4 Å². The minimum absolute atomic E-state index is 0.180. The first-order chi connectivity index (χ1) is 10.5. The number of nitrogens with two attached hydrogens (primary N) is 1. The number of nitrogens with zero attached hydrogens (tertiary/aromatic N) is 1. The minimum Gasteiger partial charge on any atom is -0.496 e. The largest absolute Gasteiger partial charge is 0.496 e. The molecule has 22 heavy (non-hydrogen) atoms. The van der Waals surface area contributed by atoms with Gasteiger partial charge in [0.25, 0.3) is 5.56 Å². The van der Waals surface area contributed by atoms with Gasteiger partial charge in [0.1, 0.15) is 11.6 Å². The number of methoxy groups -OCH3 is 1. The Balaban J connectivity index is 2.19. The summed E-state index contributed by atoms with van der Waals surface area (Å²) in [5.74, 6) is 0.640. The molecule has 114 valence electrons. The Labute approximate surface area is 128 Å². The zero-order chi connectivity index (χ0) is 15.9. The predicted molar refractivity (Wildman–Crippen MR) is 86.7 cm³/mol. The predicted octanol–water partition coefficient (Wildman–Crippen LogP) is 2.45. The van der Waals surface area contributed by atoms with Crippen LogP contribution in [0.1, 0.15) is 30.0 Å². The smallest absolute Gasteiger partial charge is 0.262 e. The summed E-state index contributed by atoms with van der Waals surface area (Å²) in [6.45, 7) is 1.98. The van der Waals surface area contributed by atoms with Gasteiger partial charge in [-0.25, -0.2) is 0 Å². The minimum atomic E-state index is -0.183. The fraction of sp³-hybridized carbons (Fsp3) is 0.294. The van der Waals surface area contributed by atoms with E-state index in [-0.39, 0.29) is 23.0 Å². The van der Waals surface area contributed by atoms with E-state index in [2.05, 4.69) is 0 Å². The third kappa shape index (κ3) is 2.39. The molecule has 0 unspecified atom stereocenters. The highest BCUT2D eigenvalue weighted by molar-refractivity contribution is 5.94. The van der Waals surface area contributed by atoms with Crippen LogP contribution in [-0.4, -0.2) is 17.5 Å². The van der Waals surface area contributed by atoms with Crippen molar-refractivity contribution in [1.82, 2.24) is 4.57 Å². The zero-order valence-electron chi connectivity index (χ0n) is 12.7. The van der Waals surface area contributed by atoms with Gasteiger partial charge in [0.2, 0.25) is 0 Å². The van der Waals surface area contributed by atoms with Crippen LogP contribution in [0.5, 0.6) is 5.75 Å². The first-order valence-electron chi connectivity index (χ1n) is 7.28. The second-order valence-corrected chi connectivity index (χ2v) is 5.64. The number of aryl methyl sites for hydroxylation is 1. The van der Waals surface area contributed by atoms with Crippen molar-refractivity contribution in [3.05, 3.63) is 51.8 Å². The van der Waals surface area contributed by atoms with Crippen LogP contribution < -0.4 is 16.0 Å². The number of benzene rings is 1. The van der Waals surface area contributed by atoms with Gasteiger partial charge in [-0.2, -0.15) is 0 Å². The zero-order valence-corrected chi connectivity index (χ0v) is 12.7. The Morgan fingerprint density at radius 1 is 1.32 bits per heavy atom. The van der Waals surface area contributed by atoms with Crippen LogP contribution >= 0.6 is 0 Å². The van der Waals surface area contributed by atoms with Crippen LogP contribution in [0.2, 0.25) is 0 Å². The molecule has 5 heteroatoms. The van der Waals surface area contributed by atoms with Crippen molar-refractivity contribution in [2.45, 2.75) is 25.8 Å². The maximum atomic E-state index is 12.6. The topological polar surface area (TPSA) is 81.1 Å². The standard InChI is InChI=1S/C17H19N3O2/c1-10-9-11(3-8-15(10)22-2)14-7-6-13(16(18)19)17(21)20(14)12-4-5-12/h3,6-9,12H,4-5H2,1-2H3,(H3,18,19). The number of pyridine rings is 1. The van der Waals surface area contributed by atoms with Crippen molar-refractivity contribution in [2.75, 3.05) is 7.11 Å². The van der Waals surface area contributed by atoms with Gasteiger partial charge in [-0.05, 0) is 61.2 Å². The number of rotatable bonds is 4. The van der Waals surface area contributed by atoms with Crippen molar-refractivity contribution >= 4 is 5.84 Å². The van der Waals surface area contributed by atoms with Crippen molar-refractivity contribution < 1.29 is 4.74 Å². The Morgan fingerprint density at radius 2 is 2.05 bits per heavy atom. The lowest BCUT2D eigenvalue weighted by molar-refractivity contribution is 0.412. The molecule has 3 N–H and O–H groups in total. The van der Waals surface area contributed by atoms with Crippen LogP contribution in [0.4, 0.5) is 0 Å². The Bertz CT molecular complexity index is 804. The Hall–Kier alpha value is -2.56. The van der Waals surface area contributed by atoms with Crippen LogP contribution in [-0.2, 0) is 0 Å². The third-order valence-corrected chi connectivity index (χ3v) is 4.01. The molecule has 0 aliphatic heterocycles. The van der Waals surface area contributed by atoms with Gasteiger partial charge < -0.3 is 15.0 Å². The van der Waals surface area contributed by atoms with Crippen LogP contribution in [0.15, 0.2) is 35.1 Å². The lowest BCUT2D eigenvalue weighted by atomic mass is 10.1. The van der Waals surface area contributed by atoms with Crippen molar-refractivity contribution in [3.8, 4) is 17.0 Å². The van der Waals surface area contributed by atoms with E-state index < -0.39 is 0 Å². The molecule has 5 nitrogen and oxygen atoms in total. The summed E-state index contributed by atoms with van der Waals surface area (Å²) in [5.41, 5.74) is 8.45. The van der Waals surface area contributed by atoms with Gasteiger partial charge >= 0.3 is 0 Å². The molecule has 3 rings (SSSR count). The normalized spacial score (nSPS) is 13.9. The molecule has 1 aromatic heterocycles. The number of nitrogens with one attached hydrogen (secondary N) is 1. The number of amidine groups is 1.